The lowest BCUT2D eigenvalue weighted by Gasteiger charge is -2.03. The van der Waals surface area contributed by atoms with Crippen LogP contribution in [0.5, 0.6) is 0 Å². The van der Waals surface area contributed by atoms with E-state index >= 15 is 0 Å². The molecule has 0 amide bonds. The van der Waals surface area contributed by atoms with Gasteiger partial charge in [0.05, 0.1) is 10.7 Å². The largest absolute Gasteiger partial charge is 0.477 e. The van der Waals surface area contributed by atoms with Gasteiger partial charge in [0, 0.05) is 19.6 Å². The Labute approximate surface area is 111 Å². The molecule has 1 fully saturated rings. The van der Waals surface area contributed by atoms with Gasteiger partial charge < -0.3 is 9.84 Å². The van der Waals surface area contributed by atoms with Gasteiger partial charge in [-0.15, -0.1) is 11.3 Å². The molecule has 0 radical (unpaired) electrons. The first-order chi connectivity index (χ1) is 8.56. The first kappa shape index (κ1) is 13.5. The molecule has 5 heteroatoms. The Balaban J connectivity index is 2.13. The van der Waals surface area contributed by atoms with Crippen molar-refractivity contribution in [2.24, 2.45) is 11.8 Å². The fraction of sp³-hybridized carbons (Fsp3) is 0.692. The molecule has 0 spiro atoms. The highest BCUT2D eigenvalue weighted by Gasteiger charge is 2.22. The lowest BCUT2D eigenvalue weighted by atomic mass is 10.1. The van der Waals surface area contributed by atoms with Crippen LogP contribution in [0.3, 0.4) is 0 Å². The monoisotopic (exact) mass is 269 g/mol. The average Bonchev–Trinajstić information content (AvgIpc) is 2.87. The second-order valence-corrected chi connectivity index (χ2v) is 6.30. The van der Waals surface area contributed by atoms with E-state index in [0.29, 0.717) is 16.7 Å². The average molecular weight is 269 g/mol. The predicted octanol–water partition coefficient (Wildman–Crippen LogP) is 2.62. The fourth-order valence-corrected chi connectivity index (χ4v) is 3.22. The van der Waals surface area contributed by atoms with E-state index in [1.807, 2.05) is 0 Å². The van der Waals surface area contributed by atoms with Crippen LogP contribution in [0.25, 0.3) is 0 Å². The number of hydrogen-bond acceptors (Lipinski definition) is 4. The minimum atomic E-state index is -0.850. The van der Waals surface area contributed by atoms with Crippen molar-refractivity contribution in [3.63, 3.8) is 0 Å². The van der Waals surface area contributed by atoms with E-state index in [-0.39, 0.29) is 0 Å². The second kappa shape index (κ2) is 5.80. The molecule has 2 heterocycles. The molecular weight excluding hydrogens is 250 g/mol. The normalized spacial score (nSPS) is 19.6. The standard InChI is InChI=1S/C13H19NO3S/c1-8(2)5-10-12(13(15)16)18-11(14-10)6-9-3-4-17-7-9/h8-9H,3-7H2,1-2H3,(H,15,16). The van der Waals surface area contributed by atoms with Gasteiger partial charge in [0.15, 0.2) is 0 Å². The molecule has 2 rings (SSSR count). The number of carbonyl (C=O) groups is 1. The van der Waals surface area contributed by atoms with Crippen LogP contribution in [-0.2, 0) is 17.6 Å². The van der Waals surface area contributed by atoms with Crippen LogP contribution in [0, 0.1) is 11.8 Å². The van der Waals surface area contributed by atoms with Crippen molar-refractivity contribution in [3.8, 4) is 0 Å². The highest BCUT2D eigenvalue weighted by Crippen LogP contribution is 2.26. The number of rotatable bonds is 5. The van der Waals surface area contributed by atoms with Gasteiger partial charge in [-0.3, -0.25) is 0 Å². The molecule has 18 heavy (non-hydrogen) atoms. The summed E-state index contributed by atoms with van der Waals surface area (Å²) >= 11 is 1.33. The van der Waals surface area contributed by atoms with E-state index in [9.17, 15) is 9.90 Å². The number of thiazole rings is 1. The van der Waals surface area contributed by atoms with Crippen molar-refractivity contribution < 1.29 is 14.6 Å². The van der Waals surface area contributed by atoms with Crippen LogP contribution in [0.1, 0.15) is 40.6 Å². The van der Waals surface area contributed by atoms with Gasteiger partial charge >= 0.3 is 5.97 Å². The van der Waals surface area contributed by atoms with E-state index < -0.39 is 5.97 Å². The van der Waals surface area contributed by atoms with Crippen LogP contribution in [0.4, 0.5) is 0 Å². The van der Waals surface area contributed by atoms with Gasteiger partial charge in [0.2, 0.25) is 0 Å². The Kier molecular flexibility index (Phi) is 4.35. The zero-order valence-electron chi connectivity index (χ0n) is 10.8. The SMILES string of the molecule is CC(C)Cc1nc(CC2CCOC2)sc1C(=O)O. The quantitative estimate of drug-likeness (QED) is 0.892. The maximum atomic E-state index is 11.2. The molecule has 0 aromatic carbocycles. The zero-order chi connectivity index (χ0) is 13.1. The molecule has 1 atom stereocenters. The maximum Gasteiger partial charge on any atom is 0.347 e. The van der Waals surface area contributed by atoms with Crippen molar-refractivity contribution in [2.75, 3.05) is 13.2 Å². The molecule has 1 N–H and O–H groups in total. The summed E-state index contributed by atoms with van der Waals surface area (Å²) in [5, 5.41) is 10.1. The summed E-state index contributed by atoms with van der Waals surface area (Å²) in [6, 6.07) is 0. The number of carboxylic acid groups (broad SMARTS) is 1. The van der Waals surface area contributed by atoms with Gasteiger partial charge in [-0.05, 0) is 24.7 Å². The van der Waals surface area contributed by atoms with Crippen LogP contribution in [-0.4, -0.2) is 29.3 Å². The number of carboxylic acids is 1. The third-order valence-corrected chi connectivity index (χ3v) is 4.13. The molecule has 4 nitrogen and oxygen atoms in total. The summed E-state index contributed by atoms with van der Waals surface area (Å²) in [5.41, 5.74) is 0.747. The van der Waals surface area contributed by atoms with Gasteiger partial charge in [-0.2, -0.15) is 0 Å². The number of aromatic nitrogens is 1. The summed E-state index contributed by atoms with van der Waals surface area (Å²) in [6.45, 7) is 5.76. The topological polar surface area (TPSA) is 59.4 Å². The summed E-state index contributed by atoms with van der Waals surface area (Å²) < 4.78 is 5.34. The zero-order valence-corrected chi connectivity index (χ0v) is 11.6. The molecule has 0 saturated carbocycles. The third kappa shape index (κ3) is 3.29. The van der Waals surface area contributed by atoms with Crippen LogP contribution < -0.4 is 0 Å². The van der Waals surface area contributed by atoms with E-state index in [2.05, 4.69) is 18.8 Å². The van der Waals surface area contributed by atoms with Crippen molar-refractivity contribution in [1.82, 2.24) is 4.98 Å². The number of nitrogens with zero attached hydrogens (tertiary/aromatic N) is 1. The maximum absolute atomic E-state index is 11.2. The van der Waals surface area contributed by atoms with Gasteiger partial charge in [-0.25, -0.2) is 9.78 Å². The Morgan fingerprint density at radius 2 is 2.39 bits per heavy atom. The minimum absolute atomic E-state index is 0.414. The van der Waals surface area contributed by atoms with Gasteiger partial charge in [0.25, 0.3) is 0 Å². The van der Waals surface area contributed by atoms with E-state index in [0.717, 1.165) is 43.2 Å². The molecule has 0 bridgehead atoms. The predicted molar refractivity (Wildman–Crippen MR) is 70.2 cm³/mol. The summed E-state index contributed by atoms with van der Waals surface area (Å²) in [5.74, 6) is 0.0784. The first-order valence-corrected chi connectivity index (χ1v) is 7.17. The molecule has 1 saturated heterocycles. The highest BCUT2D eigenvalue weighted by molar-refractivity contribution is 7.13. The smallest absolute Gasteiger partial charge is 0.347 e. The van der Waals surface area contributed by atoms with E-state index in [4.69, 9.17) is 4.74 Å². The molecule has 1 unspecified atom stereocenters. The van der Waals surface area contributed by atoms with Gasteiger partial charge in [0.1, 0.15) is 4.88 Å². The van der Waals surface area contributed by atoms with E-state index in [1.54, 1.807) is 0 Å². The Bertz CT molecular complexity index is 422. The van der Waals surface area contributed by atoms with Crippen LogP contribution in [0.15, 0.2) is 0 Å². The van der Waals surface area contributed by atoms with Crippen LogP contribution >= 0.6 is 11.3 Å². The third-order valence-electron chi connectivity index (χ3n) is 3.02. The highest BCUT2D eigenvalue weighted by atomic mass is 32.1. The fourth-order valence-electron chi connectivity index (χ4n) is 2.17. The Hall–Kier alpha value is -0.940. The second-order valence-electron chi connectivity index (χ2n) is 5.22. The Morgan fingerprint density at radius 3 is 2.94 bits per heavy atom. The van der Waals surface area contributed by atoms with Gasteiger partial charge in [-0.1, -0.05) is 13.8 Å². The molecule has 1 aliphatic rings. The summed E-state index contributed by atoms with van der Waals surface area (Å²) in [7, 11) is 0. The number of aromatic carboxylic acids is 1. The lowest BCUT2D eigenvalue weighted by Crippen LogP contribution is -2.04. The van der Waals surface area contributed by atoms with Crippen LogP contribution in [0.2, 0.25) is 0 Å². The molecule has 1 aromatic rings. The van der Waals surface area contributed by atoms with Crippen molar-refractivity contribution in [2.45, 2.75) is 33.1 Å². The van der Waals surface area contributed by atoms with Crippen molar-refractivity contribution in [1.29, 1.82) is 0 Å². The lowest BCUT2D eigenvalue weighted by molar-refractivity contribution is 0.0700. The van der Waals surface area contributed by atoms with Crippen molar-refractivity contribution >= 4 is 17.3 Å². The molecular formula is C13H19NO3S. The molecule has 1 aromatic heterocycles. The minimum Gasteiger partial charge on any atom is -0.477 e. The molecule has 100 valence electrons. The van der Waals surface area contributed by atoms with E-state index in [1.165, 1.54) is 11.3 Å². The summed E-state index contributed by atoms with van der Waals surface area (Å²) in [4.78, 5) is 16.1. The summed E-state index contributed by atoms with van der Waals surface area (Å²) in [6.07, 6.45) is 2.64. The number of hydrogen-bond donors (Lipinski definition) is 1. The molecule has 0 aliphatic carbocycles. The van der Waals surface area contributed by atoms with Crippen molar-refractivity contribution in [3.05, 3.63) is 15.6 Å². The Morgan fingerprint density at radius 1 is 1.61 bits per heavy atom. The first-order valence-electron chi connectivity index (χ1n) is 6.36. The number of ether oxygens (including phenoxy) is 1. The molecule has 1 aliphatic heterocycles.